The first-order chi connectivity index (χ1) is 9.15. The van der Waals surface area contributed by atoms with Crippen LogP contribution in [0, 0.1) is 6.92 Å². The van der Waals surface area contributed by atoms with Gasteiger partial charge in [-0.15, -0.1) is 0 Å². The smallest absolute Gasteiger partial charge is 0.262 e. The highest BCUT2D eigenvalue weighted by Gasteiger charge is 2.05. The van der Waals surface area contributed by atoms with Crippen LogP contribution in [0.15, 0.2) is 42.6 Å². The highest BCUT2D eigenvalue weighted by Crippen LogP contribution is 2.14. The number of halogens is 1. The average Bonchev–Trinajstić information content (AvgIpc) is 2.41. The molecule has 0 aliphatic carbocycles. The van der Waals surface area contributed by atoms with Crippen molar-refractivity contribution in [2.24, 2.45) is 0 Å². The van der Waals surface area contributed by atoms with Crippen LogP contribution in [0.5, 0.6) is 5.75 Å². The molecule has 0 radical (unpaired) electrons. The fraction of sp³-hybridized carbons (Fsp3) is 0.143. The monoisotopic (exact) mass is 276 g/mol. The number of benzene rings is 1. The number of rotatable bonds is 4. The molecule has 0 bridgehead atoms. The molecule has 4 nitrogen and oxygen atoms in total. The molecule has 0 aliphatic rings. The molecule has 0 saturated carbocycles. The second-order valence-electron chi connectivity index (χ2n) is 3.97. The highest BCUT2D eigenvalue weighted by molar-refractivity contribution is 6.29. The molecule has 1 aromatic heterocycles. The van der Waals surface area contributed by atoms with Crippen molar-refractivity contribution in [3.8, 4) is 5.75 Å². The van der Waals surface area contributed by atoms with Crippen molar-refractivity contribution >= 4 is 23.2 Å². The Morgan fingerprint density at radius 1 is 1.32 bits per heavy atom. The molecule has 5 heteroatoms. The number of pyridine rings is 1. The maximum absolute atomic E-state index is 11.7. The molecule has 0 atom stereocenters. The fourth-order valence-electron chi connectivity index (χ4n) is 1.50. The van der Waals surface area contributed by atoms with Gasteiger partial charge in [-0.05, 0) is 30.7 Å². The number of nitrogens with one attached hydrogen (secondary N) is 1. The molecule has 19 heavy (non-hydrogen) atoms. The standard InChI is InChI=1S/C14H13ClN2O2/c1-10-4-2-3-5-12(10)17-14(18)9-19-11-6-7-13(15)16-8-11/h2-8H,9H2,1H3,(H,17,18). The predicted molar refractivity (Wildman–Crippen MR) is 74.6 cm³/mol. The molecule has 1 aromatic carbocycles. The van der Waals surface area contributed by atoms with E-state index in [4.69, 9.17) is 16.3 Å². The number of anilines is 1. The van der Waals surface area contributed by atoms with E-state index in [-0.39, 0.29) is 12.5 Å². The van der Waals surface area contributed by atoms with Gasteiger partial charge < -0.3 is 10.1 Å². The lowest BCUT2D eigenvalue weighted by Gasteiger charge is -2.09. The third-order valence-corrected chi connectivity index (χ3v) is 2.71. The topological polar surface area (TPSA) is 51.2 Å². The van der Waals surface area contributed by atoms with Crippen molar-refractivity contribution in [3.05, 3.63) is 53.3 Å². The molecule has 0 spiro atoms. The van der Waals surface area contributed by atoms with E-state index in [9.17, 15) is 4.79 Å². The van der Waals surface area contributed by atoms with Gasteiger partial charge in [0.25, 0.3) is 5.91 Å². The molecule has 1 N–H and O–H groups in total. The van der Waals surface area contributed by atoms with Crippen molar-refractivity contribution in [1.29, 1.82) is 0 Å². The highest BCUT2D eigenvalue weighted by atomic mass is 35.5. The van der Waals surface area contributed by atoms with Gasteiger partial charge in [0.1, 0.15) is 10.9 Å². The lowest BCUT2D eigenvalue weighted by atomic mass is 10.2. The number of aromatic nitrogens is 1. The molecule has 0 fully saturated rings. The number of carbonyl (C=O) groups excluding carboxylic acids is 1. The van der Waals surface area contributed by atoms with Crippen molar-refractivity contribution < 1.29 is 9.53 Å². The maximum atomic E-state index is 11.7. The number of aryl methyl sites for hydroxylation is 1. The predicted octanol–water partition coefficient (Wildman–Crippen LogP) is 3.06. The number of amides is 1. The number of carbonyl (C=O) groups is 1. The van der Waals surface area contributed by atoms with Crippen molar-refractivity contribution in [3.63, 3.8) is 0 Å². The minimum atomic E-state index is -0.218. The Hall–Kier alpha value is -2.07. The lowest BCUT2D eigenvalue weighted by molar-refractivity contribution is -0.118. The SMILES string of the molecule is Cc1ccccc1NC(=O)COc1ccc(Cl)nc1. The van der Waals surface area contributed by atoms with Gasteiger partial charge in [-0.3, -0.25) is 4.79 Å². The summed E-state index contributed by atoms with van der Waals surface area (Å²) < 4.78 is 5.30. The van der Waals surface area contributed by atoms with Crippen molar-refractivity contribution in [2.75, 3.05) is 11.9 Å². The molecular formula is C14H13ClN2O2. The Balaban J connectivity index is 1.88. The summed E-state index contributed by atoms with van der Waals surface area (Å²) in [4.78, 5) is 15.6. The molecule has 1 amide bonds. The number of hydrogen-bond acceptors (Lipinski definition) is 3. The van der Waals surface area contributed by atoms with Crippen LogP contribution in [0.4, 0.5) is 5.69 Å². The van der Waals surface area contributed by atoms with Crippen LogP contribution in [0.25, 0.3) is 0 Å². The van der Waals surface area contributed by atoms with Gasteiger partial charge in [0.2, 0.25) is 0 Å². The summed E-state index contributed by atoms with van der Waals surface area (Å²) in [6.07, 6.45) is 1.48. The summed E-state index contributed by atoms with van der Waals surface area (Å²) in [6.45, 7) is 1.86. The number of para-hydroxylation sites is 1. The largest absolute Gasteiger partial charge is 0.482 e. The second-order valence-corrected chi connectivity index (χ2v) is 4.36. The zero-order chi connectivity index (χ0) is 13.7. The first-order valence-electron chi connectivity index (χ1n) is 5.75. The van der Waals surface area contributed by atoms with Crippen LogP contribution in [0.3, 0.4) is 0 Å². The quantitative estimate of drug-likeness (QED) is 0.873. The van der Waals surface area contributed by atoms with E-state index in [1.165, 1.54) is 6.20 Å². The number of nitrogens with zero attached hydrogens (tertiary/aromatic N) is 1. The summed E-state index contributed by atoms with van der Waals surface area (Å²) in [5, 5.41) is 3.17. The van der Waals surface area contributed by atoms with E-state index in [0.717, 1.165) is 11.3 Å². The molecule has 0 aliphatic heterocycles. The molecule has 1 heterocycles. The average molecular weight is 277 g/mol. The Morgan fingerprint density at radius 2 is 2.11 bits per heavy atom. The first kappa shape index (κ1) is 13.4. The zero-order valence-corrected chi connectivity index (χ0v) is 11.1. The number of ether oxygens (including phenoxy) is 1. The van der Waals surface area contributed by atoms with Crippen molar-refractivity contribution in [1.82, 2.24) is 4.98 Å². The minimum Gasteiger partial charge on any atom is -0.482 e. The van der Waals surface area contributed by atoms with E-state index in [1.807, 2.05) is 31.2 Å². The van der Waals surface area contributed by atoms with Gasteiger partial charge in [-0.25, -0.2) is 4.98 Å². The third kappa shape index (κ3) is 3.96. The molecular weight excluding hydrogens is 264 g/mol. The van der Waals surface area contributed by atoms with Crippen LogP contribution < -0.4 is 10.1 Å². The minimum absolute atomic E-state index is 0.0718. The van der Waals surface area contributed by atoms with Crippen LogP contribution in [0.2, 0.25) is 5.15 Å². The summed E-state index contributed by atoms with van der Waals surface area (Å²) in [7, 11) is 0. The lowest BCUT2D eigenvalue weighted by Crippen LogP contribution is -2.20. The zero-order valence-electron chi connectivity index (χ0n) is 10.4. The molecule has 2 aromatic rings. The Bertz CT molecular complexity index is 570. The van der Waals surface area contributed by atoms with Gasteiger partial charge in [0.15, 0.2) is 6.61 Å². The summed E-state index contributed by atoms with van der Waals surface area (Å²) >= 11 is 5.65. The first-order valence-corrected chi connectivity index (χ1v) is 6.13. The third-order valence-electron chi connectivity index (χ3n) is 2.49. The Kier molecular flexibility index (Phi) is 4.36. The molecule has 0 saturated heterocycles. The summed E-state index contributed by atoms with van der Waals surface area (Å²) in [6, 6.07) is 10.8. The van der Waals surface area contributed by atoms with E-state index in [1.54, 1.807) is 12.1 Å². The van der Waals surface area contributed by atoms with Crippen LogP contribution in [-0.2, 0) is 4.79 Å². The van der Waals surface area contributed by atoms with Gasteiger partial charge in [-0.1, -0.05) is 29.8 Å². The van der Waals surface area contributed by atoms with Gasteiger partial charge in [-0.2, -0.15) is 0 Å². The van der Waals surface area contributed by atoms with E-state index < -0.39 is 0 Å². The van der Waals surface area contributed by atoms with E-state index in [0.29, 0.717) is 10.9 Å². The van der Waals surface area contributed by atoms with E-state index >= 15 is 0 Å². The maximum Gasteiger partial charge on any atom is 0.262 e. The van der Waals surface area contributed by atoms with Gasteiger partial charge >= 0.3 is 0 Å². The van der Waals surface area contributed by atoms with Crippen LogP contribution >= 0.6 is 11.6 Å². The number of hydrogen-bond donors (Lipinski definition) is 1. The molecule has 98 valence electrons. The summed E-state index contributed by atoms with van der Waals surface area (Å²) in [5.74, 6) is 0.286. The van der Waals surface area contributed by atoms with Crippen LogP contribution in [0.1, 0.15) is 5.56 Å². The second kappa shape index (κ2) is 6.20. The van der Waals surface area contributed by atoms with Gasteiger partial charge in [0.05, 0.1) is 6.20 Å². The fourth-order valence-corrected chi connectivity index (χ4v) is 1.61. The van der Waals surface area contributed by atoms with Crippen LogP contribution in [-0.4, -0.2) is 17.5 Å². The summed E-state index contributed by atoms with van der Waals surface area (Å²) in [5.41, 5.74) is 1.79. The van der Waals surface area contributed by atoms with Crippen molar-refractivity contribution in [2.45, 2.75) is 6.92 Å². The normalized spacial score (nSPS) is 10.0. The van der Waals surface area contributed by atoms with Gasteiger partial charge in [0, 0.05) is 5.69 Å². The Labute approximate surface area is 116 Å². The Morgan fingerprint density at radius 3 is 2.79 bits per heavy atom. The molecule has 0 unspecified atom stereocenters. The van der Waals surface area contributed by atoms with E-state index in [2.05, 4.69) is 10.3 Å². The molecule has 2 rings (SSSR count).